The molecule has 1 aromatic heterocycles. The molecule has 0 saturated carbocycles. The summed E-state index contributed by atoms with van der Waals surface area (Å²) in [6, 6.07) is 3.79. The molecule has 0 aromatic carbocycles. The largest absolute Gasteiger partial charge is 0.351 e. The Morgan fingerprint density at radius 2 is 2.17 bits per heavy atom. The summed E-state index contributed by atoms with van der Waals surface area (Å²) in [5, 5.41) is 3.64. The predicted molar refractivity (Wildman–Crippen MR) is 103 cm³/mol. The lowest BCUT2D eigenvalue weighted by Gasteiger charge is -2.29. The van der Waals surface area contributed by atoms with E-state index < -0.39 is 0 Å². The second kappa shape index (κ2) is 10.2. The molecule has 1 atom stereocenters. The highest BCUT2D eigenvalue weighted by Gasteiger charge is 2.23. The summed E-state index contributed by atoms with van der Waals surface area (Å²) in [6.45, 7) is 7.50. The fourth-order valence-corrected chi connectivity index (χ4v) is 4.96. The third kappa shape index (κ3) is 9.89. The summed E-state index contributed by atoms with van der Waals surface area (Å²) in [7, 11) is 8.00. The summed E-state index contributed by atoms with van der Waals surface area (Å²) in [4.78, 5) is 18.4. The van der Waals surface area contributed by atoms with Crippen LogP contribution in [-0.2, 0) is 11.2 Å². The molecule has 0 aliphatic rings. The van der Waals surface area contributed by atoms with Gasteiger partial charge in [0.05, 0.1) is 6.42 Å². The van der Waals surface area contributed by atoms with Crippen molar-refractivity contribution in [1.82, 2.24) is 15.2 Å². The number of rotatable bonds is 10. The summed E-state index contributed by atoms with van der Waals surface area (Å²) in [5.74, 6) is 1.18. The number of hydrogen-bond donors (Lipinski definition) is 1. The van der Waals surface area contributed by atoms with Gasteiger partial charge in [0, 0.05) is 35.5 Å². The number of carbonyl (C=O) groups is 1. The van der Waals surface area contributed by atoms with E-state index in [0.717, 1.165) is 24.3 Å². The molecule has 1 rings (SSSR count). The molecule has 1 amide bonds. The van der Waals surface area contributed by atoms with Gasteiger partial charge in [0.15, 0.2) is 0 Å². The zero-order valence-corrected chi connectivity index (χ0v) is 16.5. The second-order valence-electron chi connectivity index (χ2n) is 6.71. The molecule has 0 spiro atoms. The van der Waals surface area contributed by atoms with Crippen molar-refractivity contribution in [2.75, 3.05) is 26.4 Å². The van der Waals surface area contributed by atoms with Gasteiger partial charge >= 0.3 is 0 Å². The van der Waals surface area contributed by atoms with Gasteiger partial charge in [-0.1, -0.05) is 34.6 Å². The Bertz CT molecular complexity index is 466. The van der Waals surface area contributed by atoms with Crippen molar-refractivity contribution in [3.8, 4) is 0 Å². The van der Waals surface area contributed by atoms with E-state index in [1.165, 1.54) is 0 Å². The average Bonchev–Trinajstić information content (AvgIpc) is 2.43. The molecule has 23 heavy (non-hydrogen) atoms. The Kier molecular flexibility index (Phi) is 9.02. The molecule has 1 aromatic rings. The van der Waals surface area contributed by atoms with Gasteiger partial charge in [0.2, 0.25) is 5.91 Å². The van der Waals surface area contributed by atoms with Crippen LogP contribution in [-0.4, -0.2) is 53.0 Å². The van der Waals surface area contributed by atoms with Crippen LogP contribution in [0.15, 0.2) is 24.5 Å². The number of carbonyl (C=O) groups excluding carboxylic acids is 1. The molecule has 0 saturated heterocycles. The van der Waals surface area contributed by atoms with E-state index in [9.17, 15) is 4.79 Å². The zero-order valence-electron chi connectivity index (χ0n) is 14.8. The van der Waals surface area contributed by atoms with Crippen LogP contribution in [0.3, 0.4) is 0 Å². The van der Waals surface area contributed by atoms with Gasteiger partial charge in [0.25, 0.3) is 0 Å². The van der Waals surface area contributed by atoms with Gasteiger partial charge in [-0.15, -0.1) is 0 Å². The van der Waals surface area contributed by atoms with E-state index >= 15 is 0 Å². The first-order chi connectivity index (χ1) is 10.8. The molecule has 1 heterocycles. The number of nitrogens with zero attached hydrogens (tertiary/aromatic N) is 2. The minimum atomic E-state index is -0.201. The van der Waals surface area contributed by atoms with Gasteiger partial charge in [-0.3, -0.25) is 9.78 Å². The van der Waals surface area contributed by atoms with Crippen molar-refractivity contribution in [2.24, 2.45) is 0 Å². The fraction of sp³-hybridized carbons (Fsp3) is 0.647. The fourth-order valence-electron chi connectivity index (χ4n) is 2.30. The molecular weight excluding hydrogens is 326 g/mol. The van der Waals surface area contributed by atoms with Crippen molar-refractivity contribution in [2.45, 2.75) is 44.4 Å². The quantitative estimate of drug-likeness (QED) is 0.516. The third-order valence-electron chi connectivity index (χ3n) is 3.22. The summed E-state index contributed by atoms with van der Waals surface area (Å²) in [5.41, 5.74) is 0.746. The van der Waals surface area contributed by atoms with Crippen LogP contribution >= 0.6 is 21.6 Å². The summed E-state index contributed by atoms with van der Waals surface area (Å²) in [6.07, 6.45) is 4.80. The van der Waals surface area contributed by atoms with E-state index in [4.69, 9.17) is 0 Å². The molecule has 0 fully saturated rings. The maximum absolute atomic E-state index is 12.2. The van der Waals surface area contributed by atoms with Gasteiger partial charge in [-0.2, -0.15) is 0 Å². The van der Waals surface area contributed by atoms with Gasteiger partial charge < -0.3 is 10.2 Å². The molecule has 0 aliphatic heterocycles. The lowest BCUT2D eigenvalue weighted by molar-refractivity contribution is -0.122. The first-order valence-corrected chi connectivity index (χ1v) is 10.3. The zero-order chi connectivity index (χ0) is 17.3. The normalized spacial score (nSPS) is 13.1. The van der Waals surface area contributed by atoms with E-state index in [0.29, 0.717) is 11.7 Å². The highest BCUT2D eigenvalue weighted by molar-refractivity contribution is 8.76. The molecule has 0 bridgehead atoms. The monoisotopic (exact) mass is 355 g/mol. The number of nitrogens with one attached hydrogen (secondary N) is 1. The van der Waals surface area contributed by atoms with Crippen LogP contribution < -0.4 is 5.32 Å². The van der Waals surface area contributed by atoms with Crippen molar-refractivity contribution in [3.63, 3.8) is 0 Å². The Morgan fingerprint density at radius 3 is 2.78 bits per heavy atom. The molecule has 1 unspecified atom stereocenters. The molecule has 4 nitrogen and oxygen atoms in total. The number of hydrogen-bond acceptors (Lipinski definition) is 5. The van der Waals surface area contributed by atoms with Crippen LogP contribution in [0.5, 0.6) is 0 Å². The standard InChI is InChI=1S/C17H29N3OS2/c1-14(23-22-10-9-20(4)5)12-17(2,3)19-16(21)11-15-7-6-8-18-13-15/h6-8,13-14H,9-12H2,1-5H3,(H,19,21). The van der Waals surface area contributed by atoms with Crippen molar-refractivity contribution in [1.29, 1.82) is 0 Å². The van der Waals surface area contributed by atoms with E-state index in [-0.39, 0.29) is 11.4 Å². The lowest BCUT2D eigenvalue weighted by atomic mass is 9.98. The van der Waals surface area contributed by atoms with Crippen molar-refractivity contribution >= 4 is 27.5 Å². The Balaban J connectivity index is 2.32. The first kappa shape index (κ1) is 20.3. The molecule has 1 N–H and O–H groups in total. The van der Waals surface area contributed by atoms with Crippen molar-refractivity contribution in [3.05, 3.63) is 30.1 Å². The van der Waals surface area contributed by atoms with Crippen LogP contribution in [0.4, 0.5) is 0 Å². The first-order valence-electron chi connectivity index (χ1n) is 7.91. The highest BCUT2D eigenvalue weighted by atomic mass is 33.1. The maximum Gasteiger partial charge on any atom is 0.224 e. The van der Waals surface area contributed by atoms with Crippen LogP contribution in [0.2, 0.25) is 0 Å². The van der Waals surface area contributed by atoms with E-state index in [1.54, 1.807) is 12.4 Å². The molecular formula is C17H29N3OS2. The second-order valence-corrected chi connectivity index (χ2v) is 9.63. The molecule has 6 heteroatoms. The van der Waals surface area contributed by atoms with Gasteiger partial charge in [-0.25, -0.2) is 0 Å². The van der Waals surface area contributed by atoms with Gasteiger partial charge in [0.1, 0.15) is 0 Å². The maximum atomic E-state index is 12.2. The van der Waals surface area contributed by atoms with E-state index in [2.05, 4.69) is 50.1 Å². The minimum Gasteiger partial charge on any atom is -0.351 e. The minimum absolute atomic E-state index is 0.0560. The average molecular weight is 356 g/mol. The lowest BCUT2D eigenvalue weighted by Crippen LogP contribution is -2.45. The SMILES string of the molecule is CC(CC(C)(C)NC(=O)Cc1cccnc1)SSCCN(C)C. The van der Waals surface area contributed by atoms with Crippen molar-refractivity contribution < 1.29 is 4.79 Å². The van der Waals surface area contributed by atoms with Gasteiger partial charge in [-0.05, 0) is 46.0 Å². The summed E-state index contributed by atoms with van der Waals surface area (Å²) < 4.78 is 0. The van der Waals surface area contributed by atoms with E-state index in [1.807, 2.05) is 33.7 Å². The van der Waals surface area contributed by atoms with Crippen LogP contribution in [0.25, 0.3) is 0 Å². The molecule has 0 aliphatic carbocycles. The third-order valence-corrected chi connectivity index (χ3v) is 6.09. The summed E-state index contributed by atoms with van der Waals surface area (Å²) >= 11 is 0. The smallest absolute Gasteiger partial charge is 0.224 e. The van der Waals surface area contributed by atoms with Crippen LogP contribution in [0, 0.1) is 0 Å². The molecule has 0 radical (unpaired) electrons. The molecule has 130 valence electrons. The predicted octanol–water partition coefficient (Wildman–Crippen LogP) is 3.24. The Morgan fingerprint density at radius 1 is 1.43 bits per heavy atom. The number of pyridine rings is 1. The topological polar surface area (TPSA) is 45.2 Å². The Labute approximate surface area is 148 Å². The highest BCUT2D eigenvalue weighted by Crippen LogP contribution is 2.31. The number of amides is 1. The van der Waals surface area contributed by atoms with Crippen LogP contribution in [0.1, 0.15) is 32.8 Å². The Hall–Kier alpha value is -0.720. The number of aromatic nitrogens is 1.